The number of hydrogen-bond donors (Lipinski definition) is 1. The SMILES string of the molecule is CC.CNC(=O)OCc1ccccc1. The zero-order chi connectivity index (χ0) is 10.8. The summed E-state index contributed by atoms with van der Waals surface area (Å²) >= 11 is 0. The molecule has 1 N–H and O–H groups in total. The smallest absolute Gasteiger partial charge is 0.407 e. The second kappa shape index (κ2) is 8.10. The van der Waals surface area contributed by atoms with Gasteiger partial charge in [-0.25, -0.2) is 4.79 Å². The van der Waals surface area contributed by atoms with Crippen LogP contribution in [0.1, 0.15) is 19.4 Å². The highest BCUT2D eigenvalue weighted by molar-refractivity contribution is 5.66. The number of hydrogen-bond acceptors (Lipinski definition) is 2. The molecule has 1 aromatic carbocycles. The highest BCUT2D eigenvalue weighted by Crippen LogP contribution is 1.99. The first-order chi connectivity index (χ1) is 6.83. The molecule has 78 valence electrons. The first kappa shape index (κ1) is 12.5. The van der Waals surface area contributed by atoms with Crippen molar-refractivity contribution in [3.05, 3.63) is 35.9 Å². The fraction of sp³-hybridized carbons (Fsp3) is 0.364. The molecule has 0 unspecified atom stereocenters. The quantitative estimate of drug-likeness (QED) is 0.787. The minimum atomic E-state index is -0.404. The molecule has 1 aromatic rings. The van der Waals surface area contributed by atoms with E-state index < -0.39 is 6.09 Å². The van der Waals surface area contributed by atoms with Crippen LogP contribution in [0, 0.1) is 0 Å². The molecular weight excluding hydrogens is 178 g/mol. The van der Waals surface area contributed by atoms with E-state index in [9.17, 15) is 4.79 Å². The van der Waals surface area contributed by atoms with Crippen LogP contribution in [0.3, 0.4) is 0 Å². The lowest BCUT2D eigenvalue weighted by atomic mass is 10.2. The maximum absolute atomic E-state index is 10.7. The van der Waals surface area contributed by atoms with Gasteiger partial charge in [-0.05, 0) is 5.56 Å². The lowest BCUT2D eigenvalue weighted by molar-refractivity contribution is 0.142. The van der Waals surface area contributed by atoms with E-state index in [1.165, 1.54) is 7.05 Å². The molecule has 0 aliphatic carbocycles. The van der Waals surface area contributed by atoms with Gasteiger partial charge in [-0.3, -0.25) is 0 Å². The van der Waals surface area contributed by atoms with Gasteiger partial charge in [-0.15, -0.1) is 0 Å². The Morgan fingerprint density at radius 2 is 1.86 bits per heavy atom. The van der Waals surface area contributed by atoms with E-state index >= 15 is 0 Å². The van der Waals surface area contributed by atoms with Crippen molar-refractivity contribution in [2.45, 2.75) is 20.5 Å². The van der Waals surface area contributed by atoms with Crippen molar-refractivity contribution in [3.63, 3.8) is 0 Å². The highest BCUT2D eigenvalue weighted by Gasteiger charge is 1.96. The zero-order valence-corrected chi connectivity index (χ0v) is 8.91. The van der Waals surface area contributed by atoms with Gasteiger partial charge in [0.1, 0.15) is 6.61 Å². The molecule has 14 heavy (non-hydrogen) atoms. The average molecular weight is 195 g/mol. The van der Waals surface area contributed by atoms with Crippen molar-refractivity contribution in [1.29, 1.82) is 0 Å². The summed E-state index contributed by atoms with van der Waals surface area (Å²) in [7, 11) is 1.54. The van der Waals surface area contributed by atoms with E-state index in [1.807, 2.05) is 44.2 Å². The molecule has 0 radical (unpaired) electrons. The molecule has 0 saturated carbocycles. The molecule has 0 saturated heterocycles. The molecule has 0 fully saturated rings. The summed E-state index contributed by atoms with van der Waals surface area (Å²) in [6.45, 7) is 4.32. The Bertz CT molecular complexity index is 247. The summed E-state index contributed by atoms with van der Waals surface area (Å²) in [5, 5.41) is 2.37. The molecule has 0 aromatic heterocycles. The minimum absolute atomic E-state index is 0.320. The monoisotopic (exact) mass is 195 g/mol. The van der Waals surface area contributed by atoms with Crippen LogP contribution in [0.4, 0.5) is 4.79 Å². The van der Waals surface area contributed by atoms with Crippen LogP contribution < -0.4 is 5.32 Å². The van der Waals surface area contributed by atoms with Crippen LogP contribution in [-0.4, -0.2) is 13.1 Å². The molecular formula is C11H17NO2. The summed E-state index contributed by atoms with van der Waals surface area (Å²) in [6, 6.07) is 9.54. The van der Waals surface area contributed by atoms with Crippen LogP contribution in [0.15, 0.2) is 30.3 Å². The number of alkyl carbamates (subject to hydrolysis) is 1. The standard InChI is InChI=1S/C9H11NO2.C2H6/c1-10-9(11)12-7-8-5-3-2-4-6-8;1-2/h2-6H,7H2,1H3,(H,10,11);1-2H3. The number of nitrogens with one attached hydrogen (secondary N) is 1. The van der Waals surface area contributed by atoms with Crippen molar-refractivity contribution >= 4 is 6.09 Å². The Labute approximate surface area is 85.1 Å². The highest BCUT2D eigenvalue weighted by atomic mass is 16.5. The van der Waals surface area contributed by atoms with Gasteiger partial charge in [-0.1, -0.05) is 44.2 Å². The summed E-state index contributed by atoms with van der Waals surface area (Å²) in [4.78, 5) is 10.7. The number of carbonyl (C=O) groups excluding carboxylic acids is 1. The Balaban J connectivity index is 0.000000791. The van der Waals surface area contributed by atoms with Crippen LogP contribution in [0.25, 0.3) is 0 Å². The van der Waals surface area contributed by atoms with Crippen LogP contribution >= 0.6 is 0 Å². The molecule has 3 heteroatoms. The largest absolute Gasteiger partial charge is 0.445 e. The van der Waals surface area contributed by atoms with Crippen LogP contribution in [-0.2, 0) is 11.3 Å². The molecule has 1 amide bonds. The van der Waals surface area contributed by atoms with Crippen LogP contribution in [0.2, 0.25) is 0 Å². The topological polar surface area (TPSA) is 38.3 Å². The van der Waals surface area contributed by atoms with Gasteiger partial charge in [0.25, 0.3) is 0 Å². The number of amides is 1. The van der Waals surface area contributed by atoms with Crippen molar-refractivity contribution in [2.24, 2.45) is 0 Å². The zero-order valence-electron chi connectivity index (χ0n) is 8.91. The molecule has 0 heterocycles. The van der Waals surface area contributed by atoms with E-state index in [0.717, 1.165) is 5.56 Å². The Morgan fingerprint density at radius 3 is 2.36 bits per heavy atom. The minimum Gasteiger partial charge on any atom is -0.445 e. The van der Waals surface area contributed by atoms with Gasteiger partial charge >= 0.3 is 6.09 Å². The normalized spacial score (nSPS) is 8.21. The molecule has 1 rings (SSSR count). The molecule has 0 aliphatic rings. The van der Waals surface area contributed by atoms with Gasteiger partial charge in [0.2, 0.25) is 0 Å². The van der Waals surface area contributed by atoms with Crippen molar-refractivity contribution < 1.29 is 9.53 Å². The molecule has 0 spiro atoms. The van der Waals surface area contributed by atoms with E-state index in [-0.39, 0.29) is 0 Å². The van der Waals surface area contributed by atoms with Gasteiger partial charge in [0.05, 0.1) is 0 Å². The fourth-order valence-corrected chi connectivity index (χ4v) is 0.795. The summed E-state index contributed by atoms with van der Waals surface area (Å²) < 4.78 is 4.83. The van der Waals surface area contributed by atoms with Crippen LogP contribution in [0.5, 0.6) is 0 Å². The predicted molar refractivity (Wildman–Crippen MR) is 57.0 cm³/mol. The van der Waals surface area contributed by atoms with Crippen molar-refractivity contribution in [1.82, 2.24) is 5.32 Å². The third-order valence-electron chi connectivity index (χ3n) is 1.42. The lowest BCUT2D eigenvalue weighted by Crippen LogP contribution is -2.18. The van der Waals surface area contributed by atoms with Crippen molar-refractivity contribution in [3.8, 4) is 0 Å². The first-order valence-electron chi connectivity index (χ1n) is 4.71. The number of carbonyl (C=O) groups is 1. The molecule has 0 atom stereocenters. The maximum Gasteiger partial charge on any atom is 0.407 e. The molecule has 0 aliphatic heterocycles. The van der Waals surface area contributed by atoms with E-state index in [0.29, 0.717) is 6.61 Å². The van der Waals surface area contributed by atoms with Gasteiger partial charge in [-0.2, -0.15) is 0 Å². The van der Waals surface area contributed by atoms with E-state index in [4.69, 9.17) is 4.74 Å². The Hall–Kier alpha value is -1.51. The Morgan fingerprint density at radius 1 is 1.29 bits per heavy atom. The average Bonchev–Trinajstić information content (AvgIpc) is 2.30. The second-order valence-corrected chi connectivity index (χ2v) is 2.31. The Kier molecular flexibility index (Phi) is 7.23. The van der Waals surface area contributed by atoms with Gasteiger partial charge in [0.15, 0.2) is 0 Å². The predicted octanol–water partition coefficient (Wildman–Crippen LogP) is 2.57. The number of benzene rings is 1. The van der Waals surface area contributed by atoms with E-state index in [2.05, 4.69) is 5.32 Å². The fourth-order valence-electron chi connectivity index (χ4n) is 0.795. The number of ether oxygens (including phenoxy) is 1. The summed E-state index contributed by atoms with van der Waals surface area (Å²) in [5.74, 6) is 0. The number of rotatable bonds is 2. The van der Waals surface area contributed by atoms with Gasteiger partial charge < -0.3 is 10.1 Å². The summed E-state index contributed by atoms with van der Waals surface area (Å²) in [5.41, 5.74) is 0.987. The molecule has 3 nitrogen and oxygen atoms in total. The summed E-state index contributed by atoms with van der Waals surface area (Å²) in [6.07, 6.45) is -0.404. The first-order valence-corrected chi connectivity index (χ1v) is 4.71. The van der Waals surface area contributed by atoms with E-state index in [1.54, 1.807) is 0 Å². The second-order valence-electron chi connectivity index (χ2n) is 2.31. The molecule has 0 bridgehead atoms. The lowest BCUT2D eigenvalue weighted by Gasteiger charge is -2.02. The third kappa shape index (κ3) is 5.19. The van der Waals surface area contributed by atoms with Crippen molar-refractivity contribution in [2.75, 3.05) is 7.05 Å². The van der Waals surface area contributed by atoms with Gasteiger partial charge in [0, 0.05) is 7.05 Å². The third-order valence-corrected chi connectivity index (χ3v) is 1.42. The maximum atomic E-state index is 10.7.